The van der Waals surface area contributed by atoms with Crippen molar-refractivity contribution in [3.8, 4) is 0 Å². The molecule has 14 N–H and O–H groups in total. The summed E-state index contributed by atoms with van der Waals surface area (Å²) >= 11 is 0. The Morgan fingerprint density at radius 2 is 1.65 bits per heavy atom. The van der Waals surface area contributed by atoms with Crippen molar-refractivity contribution in [3.63, 3.8) is 0 Å². The lowest BCUT2D eigenvalue weighted by Gasteiger charge is -2.51. The lowest BCUT2D eigenvalue weighted by Crippen LogP contribution is -2.69. The maximum absolute atomic E-state index is 11.6. The van der Waals surface area contributed by atoms with Gasteiger partial charge in [0, 0.05) is 30.6 Å². The van der Waals surface area contributed by atoms with Crippen LogP contribution in [0.2, 0.25) is 0 Å². The Morgan fingerprint density at radius 1 is 0.946 bits per heavy atom. The molecular weight excluding hydrogens is 490 g/mol. The van der Waals surface area contributed by atoms with Crippen LogP contribution in [0.25, 0.3) is 0 Å². The standard InChI is InChI=1S/C23H47N5O9/c1-2-27-6-11-3-4-12(24)21(35-11)16-13(25)5-14(28-10(7-29)8-30)22(19(16)33)37-23-20(34)17(26)18(32)15(9-31)36-23/h10-23,27-34H,2-9,24-26H2,1H3/t11-,12+,13-,14+,15+,16?,17-,18+,19-,20+,21-,22-,23+/m0/s1. The normalized spacial score (nSPS) is 45.3. The van der Waals surface area contributed by atoms with E-state index in [2.05, 4.69) is 10.6 Å². The van der Waals surface area contributed by atoms with Crippen molar-refractivity contribution in [2.75, 3.05) is 32.9 Å². The summed E-state index contributed by atoms with van der Waals surface area (Å²) in [6.07, 6.45) is -6.45. The first-order valence-electron chi connectivity index (χ1n) is 13.2. The van der Waals surface area contributed by atoms with E-state index < -0.39 is 79.6 Å². The first-order valence-corrected chi connectivity index (χ1v) is 13.2. The summed E-state index contributed by atoms with van der Waals surface area (Å²) in [6, 6.07) is -3.46. The minimum Gasteiger partial charge on any atom is -0.395 e. The molecule has 0 aromatic carbocycles. The topological polar surface area (TPSA) is 251 Å². The number of hydrogen-bond donors (Lipinski definition) is 11. The third kappa shape index (κ3) is 7.15. The molecule has 1 aliphatic carbocycles. The molecule has 0 aromatic rings. The van der Waals surface area contributed by atoms with Crippen molar-refractivity contribution in [2.45, 2.75) is 105 Å². The molecule has 1 saturated carbocycles. The lowest BCUT2D eigenvalue weighted by atomic mass is 9.72. The van der Waals surface area contributed by atoms with E-state index in [9.17, 15) is 30.6 Å². The van der Waals surface area contributed by atoms with E-state index in [1.165, 1.54) is 0 Å². The molecule has 14 heteroatoms. The largest absolute Gasteiger partial charge is 0.395 e. The summed E-state index contributed by atoms with van der Waals surface area (Å²) in [7, 11) is 0. The number of aliphatic hydroxyl groups is 6. The summed E-state index contributed by atoms with van der Waals surface area (Å²) < 4.78 is 18.0. The maximum atomic E-state index is 11.6. The van der Waals surface area contributed by atoms with Crippen LogP contribution < -0.4 is 27.8 Å². The van der Waals surface area contributed by atoms with Gasteiger partial charge in [0.25, 0.3) is 0 Å². The van der Waals surface area contributed by atoms with Crippen LogP contribution in [0.15, 0.2) is 0 Å². The zero-order valence-corrected chi connectivity index (χ0v) is 21.4. The number of ether oxygens (including phenoxy) is 3. The average Bonchev–Trinajstić information content (AvgIpc) is 2.89. The van der Waals surface area contributed by atoms with Crippen molar-refractivity contribution in [1.82, 2.24) is 10.6 Å². The quantitative estimate of drug-likeness (QED) is 0.118. The van der Waals surface area contributed by atoms with Gasteiger partial charge in [0.2, 0.25) is 0 Å². The van der Waals surface area contributed by atoms with Gasteiger partial charge in [0.05, 0.1) is 50.2 Å². The van der Waals surface area contributed by atoms with Crippen LogP contribution in [-0.2, 0) is 14.2 Å². The van der Waals surface area contributed by atoms with Gasteiger partial charge in [-0.15, -0.1) is 0 Å². The summed E-state index contributed by atoms with van der Waals surface area (Å²) in [4.78, 5) is 0. The summed E-state index contributed by atoms with van der Waals surface area (Å²) in [5.41, 5.74) is 18.9. The molecule has 0 amide bonds. The van der Waals surface area contributed by atoms with Gasteiger partial charge in [-0.2, -0.15) is 0 Å². The minimum atomic E-state index is -1.45. The van der Waals surface area contributed by atoms with E-state index in [0.717, 1.165) is 13.0 Å². The Balaban J connectivity index is 1.85. The Hall–Kier alpha value is -0.560. The van der Waals surface area contributed by atoms with Crippen LogP contribution in [0.5, 0.6) is 0 Å². The number of rotatable bonds is 11. The third-order valence-electron chi connectivity index (χ3n) is 7.86. The molecule has 13 atom stereocenters. The Bertz CT molecular complexity index is 677. The molecule has 0 radical (unpaired) electrons. The molecule has 1 unspecified atom stereocenters. The lowest BCUT2D eigenvalue weighted by molar-refractivity contribution is -0.306. The summed E-state index contributed by atoms with van der Waals surface area (Å²) in [5, 5.41) is 67.6. The second-order valence-corrected chi connectivity index (χ2v) is 10.5. The fourth-order valence-electron chi connectivity index (χ4n) is 5.69. The molecule has 2 heterocycles. The van der Waals surface area contributed by atoms with E-state index in [0.29, 0.717) is 13.0 Å². The van der Waals surface area contributed by atoms with E-state index in [-0.39, 0.29) is 31.8 Å². The van der Waals surface area contributed by atoms with Gasteiger partial charge < -0.3 is 72.7 Å². The molecule has 3 fully saturated rings. The van der Waals surface area contributed by atoms with Gasteiger partial charge in [-0.1, -0.05) is 6.92 Å². The van der Waals surface area contributed by atoms with E-state index in [1.807, 2.05) is 6.92 Å². The Morgan fingerprint density at radius 3 is 2.27 bits per heavy atom. The molecule has 218 valence electrons. The highest BCUT2D eigenvalue weighted by molar-refractivity contribution is 5.05. The second kappa shape index (κ2) is 14.2. The number of hydrogen-bond acceptors (Lipinski definition) is 14. The van der Waals surface area contributed by atoms with Crippen LogP contribution in [0.1, 0.15) is 26.2 Å². The molecule has 37 heavy (non-hydrogen) atoms. The third-order valence-corrected chi connectivity index (χ3v) is 7.86. The van der Waals surface area contributed by atoms with Crippen LogP contribution >= 0.6 is 0 Å². The summed E-state index contributed by atoms with van der Waals surface area (Å²) in [5.74, 6) is -0.627. The Labute approximate surface area is 217 Å². The van der Waals surface area contributed by atoms with Crippen LogP contribution in [0, 0.1) is 5.92 Å². The van der Waals surface area contributed by atoms with Crippen molar-refractivity contribution in [3.05, 3.63) is 0 Å². The number of likely N-dealkylation sites (N-methyl/N-ethyl adjacent to an activating group) is 1. The average molecular weight is 538 g/mol. The molecule has 3 rings (SSSR count). The van der Waals surface area contributed by atoms with Gasteiger partial charge >= 0.3 is 0 Å². The predicted molar refractivity (Wildman–Crippen MR) is 132 cm³/mol. The van der Waals surface area contributed by atoms with Gasteiger partial charge in [-0.25, -0.2) is 0 Å². The van der Waals surface area contributed by atoms with E-state index in [4.69, 9.17) is 31.4 Å². The fraction of sp³-hybridized carbons (Fsp3) is 1.00. The van der Waals surface area contributed by atoms with Crippen molar-refractivity contribution >= 4 is 0 Å². The van der Waals surface area contributed by atoms with Gasteiger partial charge in [-0.3, -0.25) is 0 Å². The maximum Gasteiger partial charge on any atom is 0.186 e. The minimum absolute atomic E-state index is 0.0965. The van der Waals surface area contributed by atoms with Crippen LogP contribution in [-0.4, -0.2) is 143 Å². The van der Waals surface area contributed by atoms with E-state index >= 15 is 0 Å². The van der Waals surface area contributed by atoms with Crippen molar-refractivity contribution in [1.29, 1.82) is 0 Å². The van der Waals surface area contributed by atoms with Crippen molar-refractivity contribution in [2.24, 2.45) is 23.1 Å². The molecular formula is C23H47N5O9. The van der Waals surface area contributed by atoms with Gasteiger partial charge in [-0.05, 0) is 25.8 Å². The molecule has 0 bridgehead atoms. The van der Waals surface area contributed by atoms with Gasteiger partial charge in [0.1, 0.15) is 24.4 Å². The van der Waals surface area contributed by atoms with Crippen LogP contribution in [0.4, 0.5) is 0 Å². The second-order valence-electron chi connectivity index (χ2n) is 10.5. The first-order chi connectivity index (χ1) is 17.7. The molecule has 2 saturated heterocycles. The summed E-state index contributed by atoms with van der Waals surface area (Å²) in [6.45, 7) is 2.13. The SMILES string of the molecule is CCNC[C@@H]1CC[C@@H](N)[C@@H](C2[C@@H](N)C[C@@H](NC(CO)CO)[C@H](O[C@H]3O[C@H](CO)[C@@H](O)[C@H](N)[C@H]3O)[C@H]2O)O1. The fourth-order valence-corrected chi connectivity index (χ4v) is 5.69. The molecule has 14 nitrogen and oxygen atoms in total. The highest BCUT2D eigenvalue weighted by Gasteiger charge is 2.52. The Kier molecular flexibility index (Phi) is 11.9. The molecule has 0 spiro atoms. The monoisotopic (exact) mass is 537 g/mol. The zero-order valence-electron chi connectivity index (χ0n) is 21.4. The molecule has 2 aliphatic heterocycles. The predicted octanol–water partition coefficient (Wildman–Crippen LogP) is -5.36. The smallest absolute Gasteiger partial charge is 0.186 e. The molecule has 3 aliphatic rings. The first kappa shape index (κ1) is 31.0. The highest BCUT2D eigenvalue weighted by Crippen LogP contribution is 2.36. The highest BCUT2D eigenvalue weighted by atomic mass is 16.7. The van der Waals surface area contributed by atoms with Crippen LogP contribution in [0.3, 0.4) is 0 Å². The number of aliphatic hydroxyl groups excluding tert-OH is 6. The zero-order chi connectivity index (χ0) is 27.3. The van der Waals surface area contributed by atoms with Gasteiger partial charge in [0.15, 0.2) is 6.29 Å². The number of nitrogens with one attached hydrogen (secondary N) is 2. The number of nitrogens with two attached hydrogens (primary N) is 3. The van der Waals surface area contributed by atoms with Crippen molar-refractivity contribution < 1.29 is 44.8 Å². The van der Waals surface area contributed by atoms with E-state index in [1.54, 1.807) is 0 Å². The molecule has 0 aromatic heterocycles.